The zero-order valence-electron chi connectivity index (χ0n) is 14.1. The van der Waals surface area contributed by atoms with Crippen LogP contribution in [-0.4, -0.2) is 6.61 Å². The zero-order valence-corrected chi connectivity index (χ0v) is 14.1. The summed E-state index contributed by atoms with van der Waals surface area (Å²) in [6.45, 7) is 0.520. The van der Waals surface area contributed by atoms with Crippen molar-refractivity contribution >= 4 is 0 Å². The Morgan fingerprint density at radius 3 is 1.44 bits per heavy atom. The Kier molecular flexibility index (Phi) is 5.61. The van der Waals surface area contributed by atoms with Crippen LogP contribution in [0.15, 0.2) is 91.0 Å². The molecule has 0 aliphatic carbocycles. The van der Waals surface area contributed by atoms with Gasteiger partial charge in [0.1, 0.15) is 5.60 Å². The van der Waals surface area contributed by atoms with Gasteiger partial charge in [-0.25, -0.2) is 0 Å². The molecule has 0 aliphatic rings. The Balaban J connectivity index is 2.15. The highest BCUT2D eigenvalue weighted by Gasteiger charge is 2.37. The minimum absolute atomic E-state index is 0.494. The van der Waals surface area contributed by atoms with Crippen molar-refractivity contribution in [1.82, 2.24) is 0 Å². The molecule has 0 fully saturated rings. The quantitative estimate of drug-likeness (QED) is 0.436. The third-order valence-electron chi connectivity index (χ3n) is 4.29. The molecule has 2 heteroatoms. The second-order valence-electron chi connectivity index (χ2n) is 5.89. The molecule has 0 unspecified atom stereocenters. The van der Waals surface area contributed by atoms with E-state index < -0.39 is 5.60 Å². The van der Waals surface area contributed by atoms with Crippen molar-refractivity contribution < 1.29 is 4.74 Å². The number of benzene rings is 3. The van der Waals surface area contributed by atoms with Crippen molar-refractivity contribution in [3.8, 4) is 6.07 Å². The molecule has 3 aromatic rings. The molecule has 0 radical (unpaired) electrons. The molecular weight excluding hydrogens is 306 g/mol. The molecule has 0 aromatic heterocycles. The van der Waals surface area contributed by atoms with E-state index in [0.29, 0.717) is 19.4 Å². The summed E-state index contributed by atoms with van der Waals surface area (Å²) in [7, 11) is 0. The molecule has 0 bridgehead atoms. The smallest absolute Gasteiger partial charge is 0.143 e. The minimum atomic E-state index is -0.681. The molecule has 0 amide bonds. The first kappa shape index (κ1) is 17.0. The lowest BCUT2D eigenvalue weighted by Gasteiger charge is -2.36. The van der Waals surface area contributed by atoms with Gasteiger partial charge in [-0.1, -0.05) is 91.0 Å². The van der Waals surface area contributed by atoms with E-state index in [-0.39, 0.29) is 0 Å². The fraction of sp³-hybridized carbons (Fsp3) is 0.174. The number of nitrogens with zero attached hydrogens (tertiary/aromatic N) is 1. The third kappa shape index (κ3) is 3.63. The van der Waals surface area contributed by atoms with Gasteiger partial charge in [0.2, 0.25) is 0 Å². The lowest BCUT2D eigenvalue weighted by Crippen LogP contribution is -2.33. The summed E-state index contributed by atoms with van der Waals surface area (Å²) >= 11 is 0. The molecule has 0 atom stereocenters. The Morgan fingerprint density at radius 2 is 1.08 bits per heavy atom. The molecule has 0 aliphatic heterocycles. The van der Waals surface area contributed by atoms with Crippen LogP contribution in [0.1, 0.15) is 29.5 Å². The van der Waals surface area contributed by atoms with Gasteiger partial charge in [0, 0.05) is 13.0 Å². The molecule has 0 heterocycles. The zero-order chi connectivity index (χ0) is 17.4. The minimum Gasteiger partial charge on any atom is -0.361 e. The van der Waals surface area contributed by atoms with Crippen molar-refractivity contribution in [2.24, 2.45) is 0 Å². The van der Waals surface area contributed by atoms with Crippen molar-refractivity contribution in [2.45, 2.75) is 18.4 Å². The molecule has 0 saturated heterocycles. The van der Waals surface area contributed by atoms with Crippen LogP contribution in [0.25, 0.3) is 0 Å². The molecule has 3 aromatic carbocycles. The molecule has 0 saturated carbocycles. The molecule has 124 valence electrons. The molecule has 0 N–H and O–H groups in total. The van der Waals surface area contributed by atoms with Crippen LogP contribution in [0.3, 0.4) is 0 Å². The van der Waals surface area contributed by atoms with E-state index in [9.17, 15) is 0 Å². The van der Waals surface area contributed by atoms with Crippen molar-refractivity contribution in [3.05, 3.63) is 108 Å². The average Bonchev–Trinajstić information content (AvgIpc) is 2.70. The summed E-state index contributed by atoms with van der Waals surface area (Å²) in [6.07, 6.45) is 1.21. The van der Waals surface area contributed by atoms with E-state index in [1.807, 2.05) is 54.6 Å². The van der Waals surface area contributed by atoms with Crippen LogP contribution in [0, 0.1) is 11.3 Å². The van der Waals surface area contributed by atoms with Crippen LogP contribution < -0.4 is 0 Å². The summed E-state index contributed by atoms with van der Waals surface area (Å²) < 4.78 is 6.54. The van der Waals surface area contributed by atoms with Gasteiger partial charge in [-0.15, -0.1) is 0 Å². The Hall–Kier alpha value is -2.89. The molecule has 0 spiro atoms. The van der Waals surface area contributed by atoms with Gasteiger partial charge in [-0.05, 0) is 23.1 Å². The molecular formula is C23H21NO. The van der Waals surface area contributed by atoms with Gasteiger partial charge in [0.15, 0.2) is 0 Å². The third-order valence-corrected chi connectivity index (χ3v) is 4.29. The second kappa shape index (κ2) is 8.28. The number of hydrogen-bond acceptors (Lipinski definition) is 2. The number of ether oxygens (including phenoxy) is 1. The first-order chi connectivity index (χ1) is 12.4. The van der Waals surface area contributed by atoms with E-state index in [2.05, 4.69) is 42.5 Å². The van der Waals surface area contributed by atoms with Crippen molar-refractivity contribution in [3.63, 3.8) is 0 Å². The largest absolute Gasteiger partial charge is 0.361 e. The Bertz CT molecular complexity index is 710. The van der Waals surface area contributed by atoms with Crippen LogP contribution in [0.5, 0.6) is 0 Å². The highest BCUT2D eigenvalue weighted by molar-refractivity contribution is 5.47. The Morgan fingerprint density at radius 1 is 0.680 bits per heavy atom. The van der Waals surface area contributed by atoms with Gasteiger partial charge >= 0.3 is 0 Å². The van der Waals surface area contributed by atoms with Crippen LogP contribution >= 0.6 is 0 Å². The fourth-order valence-corrected chi connectivity index (χ4v) is 3.15. The van der Waals surface area contributed by atoms with E-state index >= 15 is 0 Å². The summed E-state index contributed by atoms with van der Waals surface area (Å²) in [5.41, 5.74) is 2.58. The van der Waals surface area contributed by atoms with E-state index in [4.69, 9.17) is 10.00 Å². The Labute approximate surface area is 149 Å². The van der Waals surface area contributed by atoms with Gasteiger partial charge < -0.3 is 4.74 Å². The van der Waals surface area contributed by atoms with Gasteiger partial charge in [0.25, 0.3) is 0 Å². The monoisotopic (exact) mass is 327 g/mol. The topological polar surface area (TPSA) is 33.0 Å². The average molecular weight is 327 g/mol. The highest BCUT2D eigenvalue weighted by atomic mass is 16.5. The van der Waals surface area contributed by atoms with Crippen LogP contribution in [0.2, 0.25) is 0 Å². The molecule has 3 rings (SSSR count). The highest BCUT2D eigenvalue weighted by Crippen LogP contribution is 2.40. The number of hydrogen-bond donors (Lipinski definition) is 0. The first-order valence-electron chi connectivity index (χ1n) is 8.55. The summed E-state index contributed by atoms with van der Waals surface area (Å²) in [5.74, 6) is 0. The number of unbranched alkanes of at least 4 members (excludes halogenated alkanes) is 1. The molecule has 2 nitrogen and oxygen atoms in total. The summed E-state index contributed by atoms with van der Waals surface area (Å²) in [6, 6.07) is 33.1. The van der Waals surface area contributed by atoms with Gasteiger partial charge in [-0.2, -0.15) is 5.26 Å². The normalized spacial score (nSPS) is 11.0. The van der Waals surface area contributed by atoms with Crippen LogP contribution in [-0.2, 0) is 10.3 Å². The SMILES string of the molecule is N#CCCCOC(c1ccccc1)(c1ccccc1)c1ccccc1. The van der Waals surface area contributed by atoms with Crippen LogP contribution in [0.4, 0.5) is 0 Å². The first-order valence-corrected chi connectivity index (χ1v) is 8.55. The second-order valence-corrected chi connectivity index (χ2v) is 5.89. The summed E-state index contributed by atoms with van der Waals surface area (Å²) in [5, 5.41) is 8.84. The maximum absolute atomic E-state index is 8.84. The lowest BCUT2D eigenvalue weighted by atomic mass is 9.80. The van der Waals surface area contributed by atoms with Gasteiger partial charge in [-0.3, -0.25) is 0 Å². The maximum Gasteiger partial charge on any atom is 0.143 e. The maximum atomic E-state index is 8.84. The standard InChI is InChI=1S/C23H21NO/c24-18-10-11-19-25-23(20-12-4-1-5-13-20,21-14-6-2-7-15-21)22-16-8-3-9-17-22/h1-9,12-17H,10-11,19H2. The fourth-order valence-electron chi connectivity index (χ4n) is 3.15. The summed E-state index contributed by atoms with van der Waals surface area (Å²) in [4.78, 5) is 0. The van der Waals surface area contributed by atoms with Crippen molar-refractivity contribution in [1.29, 1.82) is 5.26 Å². The predicted octanol–water partition coefficient (Wildman–Crippen LogP) is 5.30. The lowest BCUT2D eigenvalue weighted by molar-refractivity contribution is 0.0120. The van der Waals surface area contributed by atoms with Crippen molar-refractivity contribution in [2.75, 3.05) is 6.61 Å². The van der Waals surface area contributed by atoms with E-state index in [0.717, 1.165) is 16.7 Å². The molecule has 25 heavy (non-hydrogen) atoms. The van der Waals surface area contributed by atoms with Gasteiger partial charge in [0.05, 0.1) is 6.07 Å². The number of nitriles is 1. The number of rotatable bonds is 7. The van der Waals surface area contributed by atoms with E-state index in [1.165, 1.54) is 0 Å². The van der Waals surface area contributed by atoms with E-state index in [1.54, 1.807) is 0 Å². The predicted molar refractivity (Wildman–Crippen MR) is 100 cm³/mol.